The Morgan fingerprint density at radius 2 is 2.39 bits per heavy atom. The van der Waals surface area contributed by atoms with Crippen LogP contribution < -0.4 is 16.0 Å². The number of hydrogen-bond acceptors (Lipinski definition) is 5. The smallest absolute Gasteiger partial charge is 0.122 e. The summed E-state index contributed by atoms with van der Waals surface area (Å²) in [5.74, 6) is 6.70. The maximum Gasteiger partial charge on any atom is 0.122 e. The Hall–Kier alpha value is -1.43. The van der Waals surface area contributed by atoms with Gasteiger partial charge < -0.3 is 4.74 Å². The van der Waals surface area contributed by atoms with Gasteiger partial charge in [-0.3, -0.25) is 5.84 Å². The molecular formula is C13H15N3OS. The van der Waals surface area contributed by atoms with Gasteiger partial charge in [-0.1, -0.05) is 6.07 Å². The molecular weight excluding hydrogens is 246 g/mol. The fourth-order valence-electron chi connectivity index (χ4n) is 2.30. The number of aromatic nitrogens is 1. The van der Waals surface area contributed by atoms with Gasteiger partial charge in [0.2, 0.25) is 0 Å². The molecule has 94 valence electrons. The first-order valence-corrected chi connectivity index (χ1v) is 6.79. The van der Waals surface area contributed by atoms with Crippen molar-refractivity contribution in [1.29, 1.82) is 0 Å². The largest absolute Gasteiger partial charge is 0.493 e. The van der Waals surface area contributed by atoms with Gasteiger partial charge in [-0.2, -0.15) is 0 Å². The zero-order chi connectivity index (χ0) is 12.5. The summed E-state index contributed by atoms with van der Waals surface area (Å²) >= 11 is 1.63. The molecule has 1 unspecified atom stereocenters. The Labute approximate surface area is 110 Å². The number of nitrogens with zero attached hydrogens (tertiary/aromatic N) is 1. The summed E-state index contributed by atoms with van der Waals surface area (Å²) in [6.45, 7) is 2.78. The van der Waals surface area contributed by atoms with E-state index in [-0.39, 0.29) is 6.04 Å². The molecule has 5 heteroatoms. The minimum Gasteiger partial charge on any atom is -0.493 e. The minimum atomic E-state index is 0.00315. The number of nitrogens with two attached hydrogens (primary N) is 1. The molecule has 0 aliphatic carbocycles. The van der Waals surface area contributed by atoms with E-state index >= 15 is 0 Å². The Balaban J connectivity index is 2.00. The van der Waals surface area contributed by atoms with Gasteiger partial charge in [0.1, 0.15) is 5.75 Å². The Morgan fingerprint density at radius 1 is 1.50 bits per heavy atom. The number of aryl methyl sites for hydroxylation is 1. The van der Waals surface area contributed by atoms with Gasteiger partial charge in [0.25, 0.3) is 0 Å². The fourth-order valence-corrected chi connectivity index (χ4v) is 3.19. The molecule has 1 aromatic carbocycles. The van der Waals surface area contributed by atoms with Crippen LogP contribution in [0.3, 0.4) is 0 Å². The number of nitrogens with one attached hydrogen (secondary N) is 1. The molecule has 4 nitrogen and oxygen atoms in total. The van der Waals surface area contributed by atoms with Crippen LogP contribution in [0.25, 0.3) is 0 Å². The van der Waals surface area contributed by atoms with Crippen molar-refractivity contribution in [3.8, 4) is 5.75 Å². The number of ether oxygens (including phenoxy) is 1. The third-order valence-electron chi connectivity index (χ3n) is 3.26. The fraction of sp³-hybridized carbons (Fsp3) is 0.308. The number of hydrogen-bond donors (Lipinski definition) is 2. The van der Waals surface area contributed by atoms with Crippen LogP contribution in [0.1, 0.15) is 27.7 Å². The standard InChI is InChI=1S/C13H15N3OS/c1-8-13(18-7-15-8)12(16-14)10-2-3-11-9(6-10)4-5-17-11/h2-3,6-7,12,16H,4-5,14H2,1H3. The lowest BCUT2D eigenvalue weighted by atomic mass is 10.0. The van der Waals surface area contributed by atoms with Crippen LogP contribution in [0.15, 0.2) is 23.7 Å². The van der Waals surface area contributed by atoms with Crippen LogP contribution >= 0.6 is 11.3 Å². The van der Waals surface area contributed by atoms with Gasteiger partial charge >= 0.3 is 0 Å². The van der Waals surface area contributed by atoms with Gasteiger partial charge in [-0.05, 0) is 30.2 Å². The van der Waals surface area contributed by atoms with Crippen LogP contribution in [0.5, 0.6) is 5.75 Å². The minimum absolute atomic E-state index is 0.00315. The summed E-state index contributed by atoms with van der Waals surface area (Å²) in [6, 6.07) is 6.27. The second-order valence-electron chi connectivity index (χ2n) is 4.37. The summed E-state index contributed by atoms with van der Waals surface area (Å²) in [5.41, 5.74) is 8.18. The third kappa shape index (κ3) is 1.90. The van der Waals surface area contributed by atoms with E-state index in [1.807, 2.05) is 18.5 Å². The predicted octanol–water partition coefficient (Wildman–Crippen LogP) is 1.94. The normalized spacial score (nSPS) is 15.2. The Morgan fingerprint density at radius 3 is 3.11 bits per heavy atom. The molecule has 3 rings (SSSR count). The topological polar surface area (TPSA) is 60.2 Å². The first kappa shape index (κ1) is 11.6. The maximum atomic E-state index is 5.71. The third-order valence-corrected chi connectivity index (χ3v) is 4.25. The lowest BCUT2D eigenvalue weighted by molar-refractivity contribution is 0.357. The van der Waals surface area contributed by atoms with Gasteiger partial charge in [-0.25, -0.2) is 10.4 Å². The van der Waals surface area contributed by atoms with E-state index in [4.69, 9.17) is 10.6 Å². The monoisotopic (exact) mass is 261 g/mol. The highest BCUT2D eigenvalue weighted by Gasteiger charge is 2.20. The van der Waals surface area contributed by atoms with E-state index in [0.717, 1.165) is 34.9 Å². The summed E-state index contributed by atoms with van der Waals surface area (Å²) < 4.78 is 5.52. The molecule has 0 amide bonds. The number of thiazole rings is 1. The van der Waals surface area contributed by atoms with Crippen molar-refractivity contribution in [2.75, 3.05) is 6.61 Å². The van der Waals surface area contributed by atoms with Crippen LogP contribution in [-0.4, -0.2) is 11.6 Å². The molecule has 0 spiro atoms. The quantitative estimate of drug-likeness (QED) is 0.655. The maximum absolute atomic E-state index is 5.71. The summed E-state index contributed by atoms with van der Waals surface area (Å²) in [7, 11) is 0. The van der Waals surface area contributed by atoms with E-state index in [0.29, 0.717) is 0 Å². The predicted molar refractivity (Wildman–Crippen MR) is 71.7 cm³/mol. The van der Waals surface area contributed by atoms with Crippen LogP contribution in [-0.2, 0) is 6.42 Å². The van der Waals surface area contributed by atoms with Crippen LogP contribution in [0, 0.1) is 6.92 Å². The lowest BCUT2D eigenvalue weighted by Gasteiger charge is -2.16. The average Bonchev–Trinajstić information content (AvgIpc) is 2.99. The van der Waals surface area contributed by atoms with E-state index < -0.39 is 0 Å². The molecule has 3 N–H and O–H groups in total. The molecule has 0 fully saturated rings. The second kappa shape index (κ2) is 4.68. The van der Waals surface area contributed by atoms with E-state index in [1.165, 1.54) is 5.56 Å². The number of hydrazine groups is 1. The number of rotatable bonds is 3. The highest BCUT2D eigenvalue weighted by atomic mass is 32.1. The van der Waals surface area contributed by atoms with Crippen molar-refractivity contribution in [2.24, 2.45) is 5.84 Å². The van der Waals surface area contributed by atoms with Gasteiger partial charge in [0, 0.05) is 6.42 Å². The lowest BCUT2D eigenvalue weighted by Crippen LogP contribution is -2.28. The van der Waals surface area contributed by atoms with Crippen molar-refractivity contribution < 1.29 is 4.74 Å². The molecule has 1 aliphatic heterocycles. The highest BCUT2D eigenvalue weighted by molar-refractivity contribution is 7.09. The van der Waals surface area contributed by atoms with E-state index in [9.17, 15) is 0 Å². The highest BCUT2D eigenvalue weighted by Crippen LogP contribution is 2.32. The Bertz CT molecular complexity index is 567. The molecule has 18 heavy (non-hydrogen) atoms. The summed E-state index contributed by atoms with van der Waals surface area (Å²) in [6.07, 6.45) is 0.974. The zero-order valence-corrected chi connectivity index (χ0v) is 11.0. The molecule has 2 aromatic rings. The first-order valence-electron chi connectivity index (χ1n) is 5.91. The average molecular weight is 261 g/mol. The number of benzene rings is 1. The summed E-state index contributed by atoms with van der Waals surface area (Å²) in [4.78, 5) is 5.45. The number of fused-ring (bicyclic) bond motifs is 1. The van der Waals surface area contributed by atoms with Crippen molar-refractivity contribution in [3.05, 3.63) is 45.4 Å². The zero-order valence-electron chi connectivity index (χ0n) is 10.1. The van der Waals surface area contributed by atoms with Crippen molar-refractivity contribution in [3.63, 3.8) is 0 Å². The molecule has 2 heterocycles. The van der Waals surface area contributed by atoms with Crippen molar-refractivity contribution in [2.45, 2.75) is 19.4 Å². The van der Waals surface area contributed by atoms with E-state index in [2.05, 4.69) is 22.5 Å². The molecule has 0 bridgehead atoms. The van der Waals surface area contributed by atoms with Crippen LogP contribution in [0.4, 0.5) is 0 Å². The SMILES string of the molecule is Cc1ncsc1C(NN)c1ccc2c(c1)CCO2. The first-order chi connectivity index (χ1) is 8.79. The molecule has 1 aromatic heterocycles. The van der Waals surface area contributed by atoms with Crippen LogP contribution in [0.2, 0.25) is 0 Å². The van der Waals surface area contributed by atoms with E-state index in [1.54, 1.807) is 11.3 Å². The molecule has 0 radical (unpaired) electrons. The van der Waals surface area contributed by atoms with Gasteiger partial charge in [0.05, 0.1) is 28.7 Å². The van der Waals surface area contributed by atoms with Gasteiger partial charge in [0.15, 0.2) is 0 Å². The summed E-state index contributed by atoms with van der Waals surface area (Å²) in [5, 5.41) is 0. The second-order valence-corrected chi connectivity index (χ2v) is 5.25. The molecule has 0 saturated heterocycles. The van der Waals surface area contributed by atoms with Gasteiger partial charge in [-0.15, -0.1) is 11.3 Å². The molecule has 1 atom stereocenters. The van der Waals surface area contributed by atoms with Crippen molar-refractivity contribution in [1.82, 2.24) is 10.4 Å². The Kier molecular flexibility index (Phi) is 3.03. The molecule has 0 saturated carbocycles. The van der Waals surface area contributed by atoms with Crippen molar-refractivity contribution >= 4 is 11.3 Å². The molecule has 1 aliphatic rings.